The lowest BCUT2D eigenvalue weighted by atomic mass is 10.3. The first-order chi connectivity index (χ1) is 10.7. The number of hydrogen-bond donors (Lipinski definition) is 2. The van der Waals surface area contributed by atoms with Crippen molar-refractivity contribution in [2.75, 3.05) is 23.4 Å². The highest BCUT2D eigenvalue weighted by molar-refractivity contribution is 5.95. The fourth-order valence-corrected chi connectivity index (χ4v) is 2.25. The first-order valence-electron chi connectivity index (χ1n) is 6.91. The summed E-state index contributed by atoms with van der Waals surface area (Å²) in [5, 5.41) is 8.66. The zero-order valence-corrected chi connectivity index (χ0v) is 11.8. The topological polar surface area (TPSA) is 100 Å². The lowest BCUT2D eigenvalue weighted by Gasteiger charge is -2.16. The number of carbonyl (C=O) groups excluding carboxylic acids is 2. The Morgan fingerprint density at radius 3 is 3.09 bits per heavy atom. The lowest BCUT2D eigenvalue weighted by molar-refractivity contribution is -0.118. The maximum Gasteiger partial charge on any atom is 0.264 e. The maximum absolute atomic E-state index is 11.7. The van der Waals surface area contributed by atoms with Crippen molar-refractivity contribution < 1.29 is 14.3 Å². The van der Waals surface area contributed by atoms with Crippen molar-refractivity contribution >= 4 is 23.5 Å². The first-order valence-corrected chi connectivity index (χ1v) is 6.91. The van der Waals surface area contributed by atoms with Gasteiger partial charge in [-0.25, -0.2) is 5.10 Å². The van der Waals surface area contributed by atoms with Gasteiger partial charge in [-0.1, -0.05) is 6.07 Å². The van der Waals surface area contributed by atoms with Gasteiger partial charge in [-0.15, -0.1) is 0 Å². The number of ether oxygens (including phenoxy) is 1. The summed E-state index contributed by atoms with van der Waals surface area (Å²) in [6, 6.07) is 7.14. The van der Waals surface area contributed by atoms with Crippen LogP contribution in [0.3, 0.4) is 0 Å². The molecule has 114 valence electrons. The van der Waals surface area contributed by atoms with E-state index in [9.17, 15) is 9.59 Å². The van der Waals surface area contributed by atoms with Gasteiger partial charge in [-0.05, 0) is 18.6 Å². The van der Waals surface area contributed by atoms with Gasteiger partial charge < -0.3 is 9.64 Å². The van der Waals surface area contributed by atoms with Crippen molar-refractivity contribution in [1.29, 1.82) is 0 Å². The summed E-state index contributed by atoms with van der Waals surface area (Å²) in [4.78, 5) is 28.9. The third-order valence-corrected chi connectivity index (χ3v) is 3.25. The minimum absolute atomic E-state index is 0.111. The summed E-state index contributed by atoms with van der Waals surface area (Å²) in [5.74, 6) is 0.564. The summed E-state index contributed by atoms with van der Waals surface area (Å²) >= 11 is 0. The molecule has 22 heavy (non-hydrogen) atoms. The SMILES string of the molecule is O=C(COc1cccc(N2CCCC2=O)c1)Nc1ncn[nH]1. The highest BCUT2D eigenvalue weighted by Gasteiger charge is 2.21. The molecule has 2 N–H and O–H groups in total. The first kappa shape index (κ1) is 14.1. The molecule has 1 aromatic heterocycles. The number of hydrogen-bond acceptors (Lipinski definition) is 5. The molecule has 1 aromatic carbocycles. The number of rotatable bonds is 5. The van der Waals surface area contributed by atoms with Crippen LogP contribution in [0.25, 0.3) is 0 Å². The average Bonchev–Trinajstić information content (AvgIpc) is 3.17. The van der Waals surface area contributed by atoms with E-state index in [-0.39, 0.29) is 24.4 Å². The molecule has 1 aliphatic rings. The molecule has 1 saturated heterocycles. The highest BCUT2D eigenvalue weighted by atomic mass is 16.5. The van der Waals surface area contributed by atoms with E-state index in [1.54, 1.807) is 23.1 Å². The number of H-pyrrole nitrogens is 1. The second-order valence-electron chi connectivity index (χ2n) is 4.82. The van der Waals surface area contributed by atoms with Crippen LogP contribution in [-0.4, -0.2) is 40.1 Å². The Bertz CT molecular complexity index is 671. The van der Waals surface area contributed by atoms with Crippen molar-refractivity contribution in [3.63, 3.8) is 0 Å². The van der Waals surface area contributed by atoms with Crippen LogP contribution in [0.4, 0.5) is 11.6 Å². The van der Waals surface area contributed by atoms with Crippen molar-refractivity contribution in [2.24, 2.45) is 0 Å². The van der Waals surface area contributed by atoms with E-state index in [0.29, 0.717) is 18.7 Å². The van der Waals surface area contributed by atoms with Gasteiger partial charge in [-0.2, -0.15) is 10.1 Å². The quantitative estimate of drug-likeness (QED) is 0.856. The van der Waals surface area contributed by atoms with Crippen molar-refractivity contribution in [1.82, 2.24) is 15.2 Å². The molecular formula is C14H15N5O3. The molecule has 1 fully saturated rings. The van der Waals surface area contributed by atoms with Crippen molar-refractivity contribution in [2.45, 2.75) is 12.8 Å². The number of amides is 2. The van der Waals surface area contributed by atoms with Crippen molar-refractivity contribution in [3.8, 4) is 5.75 Å². The van der Waals surface area contributed by atoms with Crippen LogP contribution in [-0.2, 0) is 9.59 Å². The van der Waals surface area contributed by atoms with Crippen LogP contribution >= 0.6 is 0 Å². The number of carbonyl (C=O) groups is 2. The molecule has 0 unspecified atom stereocenters. The molecule has 0 saturated carbocycles. The van der Waals surface area contributed by atoms with E-state index in [0.717, 1.165) is 12.1 Å². The van der Waals surface area contributed by atoms with Gasteiger partial charge in [-0.3, -0.25) is 14.9 Å². The van der Waals surface area contributed by atoms with Crippen LogP contribution in [0.5, 0.6) is 5.75 Å². The predicted molar refractivity (Wildman–Crippen MR) is 78.5 cm³/mol. The lowest BCUT2D eigenvalue weighted by Crippen LogP contribution is -2.24. The van der Waals surface area contributed by atoms with Crippen LogP contribution in [0.1, 0.15) is 12.8 Å². The van der Waals surface area contributed by atoms with Gasteiger partial charge in [0.15, 0.2) is 6.61 Å². The molecule has 2 amide bonds. The van der Waals surface area contributed by atoms with E-state index in [2.05, 4.69) is 20.5 Å². The van der Waals surface area contributed by atoms with Gasteiger partial charge in [0.05, 0.1) is 0 Å². The second-order valence-corrected chi connectivity index (χ2v) is 4.82. The van der Waals surface area contributed by atoms with Gasteiger partial charge >= 0.3 is 0 Å². The fraction of sp³-hybridized carbons (Fsp3) is 0.286. The molecule has 0 bridgehead atoms. The zero-order chi connectivity index (χ0) is 15.4. The Labute approximate surface area is 126 Å². The molecule has 0 spiro atoms. The normalized spacial score (nSPS) is 14.2. The van der Waals surface area contributed by atoms with Gasteiger partial charge in [0.25, 0.3) is 5.91 Å². The van der Waals surface area contributed by atoms with Crippen LogP contribution in [0.15, 0.2) is 30.6 Å². The molecule has 8 nitrogen and oxygen atoms in total. The molecule has 3 rings (SSSR count). The molecule has 2 heterocycles. The summed E-state index contributed by atoms with van der Waals surface area (Å²) in [7, 11) is 0. The molecule has 1 aliphatic heterocycles. The molecule has 0 radical (unpaired) electrons. The van der Waals surface area contributed by atoms with E-state index >= 15 is 0 Å². The summed E-state index contributed by atoms with van der Waals surface area (Å²) in [6.07, 6.45) is 2.74. The maximum atomic E-state index is 11.7. The molecule has 8 heteroatoms. The summed E-state index contributed by atoms with van der Waals surface area (Å²) in [5.41, 5.74) is 0.788. The summed E-state index contributed by atoms with van der Waals surface area (Å²) < 4.78 is 5.44. The number of aromatic nitrogens is 3. The molecular weight excluding hydrogens is 286 g/mol. The Kier molecular flexibility index (Phi) is 3.99. The number of nitrogens with one attached hydrogen (secondary N) is 2. The standard InChI is InChI=1S/C14H15N5O3/c20-12(17-14-15-9-16-18-14)8-22-11-4-1-3-10(7-11)19-6-2-5-13(19)21/h1,3-4,7,9H,2,5-6,8H2,(H2,15,16,17,18,20). The van der Waals surface area contributed by atoms with Crippen LogP contribution < -0.4 is 15.0 Å². The van der Waals surface area contributed by atoms with Crippen molar-refractivity contribution in [3.05, 3.63) is 30.6 Å². The molecule has 2 aromatic rings. The fourth-order valence-electron chi connectivity index (χ4n) is 2.25. The van der Waals surface area contributed by atoms with Crippen LogP contribution in [0.2, 0.25) is 0 Å². The number of aromatic amines is 1. The second kappa shape index (κ2) is 6.25. The Morgan fingerprint density at radius 2 is 2.36 bits per heavy atom. The van der Waals surface area contributed by atoms with E-state index < -0.39 is 0 Å². The Hall–Kier alpha value is -2.90. The third kappa shape index (κ3) is 3.22. The number of benzene rings is 1. The molecule has 0 aliphatic carbocycles. The number of anilines is 2. The highest BCUT2D eigenvalue weighted by Crippen LogP contribution is 2.25. The minimum Gasteiger partial charge on any atom is -0.484 e. The van der Waals surface area contributed by atoms with E-state index in [1.165, 1.54) is 6.33 Å². The summed E-state index contributed by atoms with van der Waals surface area (Å²) in [6.45, 7) is 0.562. The van der Waals surface area contributed by atoms with Gasteiger partial charge in [0, 0.05) is 24.7 Å². The van der Waals surface area contributed by atoms with E-state index in [4.69, 9.17) is 4.74 Å². The predicted octanol–water partition coefficient (Wildman–Crippen LogP) is 0.949. The van der Waals surface area contributed by atoms with Gasteiger partial charge in [0.1, 0.15) is 12.1 Å². The Morgan fingerprint density at radius 1 is 1.45 bits per heavy atom. The van der Waals surface area contributed by atoms with Crippen LogP contribution in [0, 0.1) is 0 Å². The Balaban J connectivity index is 1.58. The molecule has 0 atom stereocenters. The monoisotopic (exact) mass is 301 g/mol. The smallest absolute Gasteiger partial charge is 0.264 e. The number of nitrogens with zero attached hydrogens (tertiary/aromatic N) is 3. The largest absolute Gasteiger partial charge is 0.484 e. The minimum atomic E-state index is -0.348. The average molecular weight is 301 g/mol. The van der Waals surface area contributed by atoms with Gasteiger partial charge in [0.2, 0.25) is 11.9 Å². The zero-order valence-electron chi connectivity index (χ0n) is 11.8. The van der Waals surface area contributed by atoms with E-state index in [1.807, 2.05) is 6.07 Å². The third-order valence-electron chi connectivity index (χ3n) is 3.25.